The Morgan fingerprint density at radius 2 is 2.41 bits per heavy atom. The first-order valence-electron chi connectivity index (χ1n) is 6.07. The van der Waals surface area contributed by atoms with E-state index in [9.17, 15) is 0 Å². The highest BCUT2D eigenvalue weighted by Crippen LogP contribution is 2.26. The third kappa shape index (κ3) is 2.56. The highest BCUT2D eigenvalue weighted by Gasteiger charge is 2.25. The van der Waals surface area contributed by atoms with Crippen molar-refractivity contribution in [3.05, 3.63) is 24.0 Å². The van der Waals surface area contributed by atoms with Crippen LogP contribution in [-0.4, -0.2) is 24.1 Å². The van der Waals surface area contributed by atoms with E-state index in [2.05, 4.69) is 16.8 Å². The van der Waals surface area contributed by atoms with E-state index in [1.807, 2.05) is 12.1 Å². The van der Waals surface area contributed by atoms with Gasteiger partial charge < -0.3 is 10.6 Å². The van der Waals surface area contributed by atoms with Gasteiger partial charge in [0.05, 0.1) is 11.9 Å². The lowest BCUT2D eigenvalue weighted by atomic mass is 9.92. The molecule has 4 heteroatoms. The van der Waals surface area contributed by atoms with Crippen LogP contribution in [-0.2, 0) is 0 Å². The second-order valence-corrected chi connectivity index (χ2v) is 4.73. The van der Waals surface area contributed by atoms with Crippen molar-refractivity contribution in [3.8, 4) is 6.07 Å². The molecule has 1 aromatic rings. The molecule has 0 aromatic carbocycles. The fourth-order valence-electron chi connectivity index (χ4n) is 2.44. The Labute approximate surface area is 102 Å². The predicted molar refractivity (Wildman–Crippen MR) is 67.5 cm³/mol. The number of pyridine rings is 1. The van der Waals surface area contributed by atoms with Crippen molar-refractivity contribution in [2.45, 2.75) is 25.8 Å². The third-order valence-electron chi connectivity index (χ3n) is 3.44. The van der Waals surface area contributed by atoms with Gasteiger partial charge >= 0.3 is 0 Å². The average molecular weight is 230 g/mol. The van der Waals surface area contributed by atoms with Crippen LogP contribution in [0.3, 0.4) is 0 Å². The molecule has 0 saturated carbocycles. The predicted octanol–water partition coefficient (Wildman–Crippen LogP) is 1.52. The Hall–Kier alpha value is -1.60. The van der Waals surface area contributed by atoms with E-state index in [1.165, 1.54) is 6.42 Å². The molecule has 0 amide bonds. The molecular formula is C13H18N4. The summed E-state index contributed by atoms with van der Waals surface area (Å²) < 4.78 is 0. The van der Waals surface area contributed by atoms with Gasteiger partial charge in [-0.2, -0.15) is 5.26 Å². The van der Waals surface area contributed by atoms with Crippen LogP contribution in [0.25, 0.3) is 0 Å². The topological polar surface area (TPSA) is 65.9 Å². The van der Waals surface area contributed by atoms with Gasteiger partial charge in [-0.3, -0.25) is 0 Å². The lowest BCUT2D eigenvalue weighted by Crippen LogP contribution is -2.46. The van der Waals surface area contributed by atoms with Gasteiger partial charge in [0.15, 0.2) is 0 Å². The van der Waals surface area contributed by atoms with Crippen molar-refractivity contribution in [3.63, 3.8) is 0 Å². The molecule has 0 spiro atoms. The summed E-state index contributed by atoms with van der Waals surface area (Å²) in [6, 6.07) is 6.16. The van der Waals surface area contributed by atoms with E-state index in [1.54, 1.807) is 12.3 Å². The Bertz CT molecular complexity index is 406. The molecule has 1 fully saturated rings. The van der Waals surface area contributed by atoms with Gasteiger partial charge in [-0.1, -0.05) is 6.92 Å². The van der Waals surface area contributed by atoms with Gasteiger partial charge in [-0.15, -0.1) is 0 Å². The van der Waals surface area contributed by atoms with E-state index >= 15 is 0 Å². The molecule has 2 heterocycles. The SMILES string of the molecule is CC1CCN(c2ccc(C#N)nc2)C(CN)C1. The van der Waals surface area contributed by atoms with E-state index in [0.717, 1.165) is 24.6 Å². The van der Waals surface area contributed by atoms with Crippen molar-refractivity contribution < 1.29 is 0 Å². The Balaban J connectivity index is 2.17. The lowest BCUT2D eigenvalue weighted by Gasteiger charge is -2.39. The Kier molecular flexibility index (Phi) is 3.60. The maximum absolute atomic E-state index is 8.73. The van der Waals surface area contributed by atoms with Gasteiger partial charge in [0.25, 0.3) is 0 Å². The molecule has 1 aromatic heterocycles. The van der Waals surface area contributed by atoms with Crippen LogP contribution in [0.1, 0.15) is 25.5 Å². The maximum atomic E-state index is 8.73. The van der Waals surface area contributed by atoms with Crippen molar-refractivity contribution >= 4 is 5.69 Å². The van der Waals surface area contributed by atoms with Crippen LogP contribution < -0.4 is 10.6 Å². The van der Waals surface area contributed by atoms with E-state index in [4.69, 9.17) is 11.0 Å². The summed E-state index contributed by atoms with van der Waals surface area (Å²) in [5.74, 6) is 0.742. The van der Waals surface area contributed by atoms with Crippen molar-refractivity contribution in [2.75, 3.05) is 18.0 Å². The van der Waals surface area contributed by atoms with Crippen LogP contribution in [0.5, 0.6) is 0 Å². The fourth-order valence-corrected chi connectivity index (χ4v) is 2.44. The average Bonchev–Trinajstić information content (AvgIpc) is 2.39. The minimum Gasteiger partial charge on any atom is -0.366 e. The third-order valence-corrected chi connectivity index (χ3v) is 3.44. The molecule has 17 heavy (non-hydrogen) atoms. The molecule has 0 bridgehead atoms. The first kappa shape index (κ1) is 11.9. The normalized spacial score (nSPS) is 24.4. The molecule has 2 unspecified atom stereocenters. The quantitative estimate of drug-likeness (QED) is 0.836. The van der Waals surface area contributed by atoms with E-state index in [-0.39, 0.29) is 0 Å². The monoisotopic (exact) mass is 230 g/mol. The fraction of sp³-hybridized carbons (Fsp3) is 0.538. The first-order valence-corrected chi connectivity index (χ1v) is 6.07. The minimum absolute atomic E-state index is 0.397. The summed E-state index contributed by atoms with van der Waals surface area (Å²) >= 11 is 0. The summed E-state index contributed by atoms with van der Waals surface area (Å²) in [6.45, 7) is 3.97. The summed E-state index contributed by atoms with van der Waals surface area (Å²) in [7, 11) is 0. The van der Waals surface area contributed by atoms with E-state index < -0.39 is 0 Å². The highest BCUT2D eigenvalue weighted by molar-refractivity contribution is 5.47. The van der Waals surface area contributed by atoms with Crippen LogP contribution in [0.2, 0.25) is 0 Å². The van der Waals surface area contributed by atoms with Crippen LogP contribution in [0.4, 0.5) is 5.69 Å². The van der Waals surface area contributed by atoms with E-state index in [0.29, 0.717) is 18.3 Å². The molecular weight excluding hydrogens is 212 g/mol. The standard InChI is InChI=1S/C13H18N4/c1-10-4-5-17(13(6-10)8-15)12-3-2-11(7-14)16-9-12/h2-3,9-10,13H,4-6,8,15H2,1H3. The summed E-state index contributed by atoms with van der Waals surface area (Å²) in [4.78, 5) is 6.43. The van der Waals surface area contributed by atoms with Gasteiger partial charge in [0, 0.05) is 19.1 Å². The number of nitrogens with zero attached hydrogens (tertiary/aromatic N) is 3. The molecule has 1 aliphatic heterocycles. The van der Waals surface area contributed by atoms with Crippen molar-refractivity contribution in [1.82, 2.24) is 4.98 Å². The largest absolute Gasteiger partial charge is 0.366 e. The number of aromatic nitrogens is 1. The number of hydrogen-bond acceptors (Lipinski definition) is 4. The molecule has 4 nitrogen and oxygen atoms in total. The number of anilines is 1. The summed E-state index contributed by atoms with van der Waals surface area (Å²) in [5.41, 5.74) is 7.37. The van der Waals surface area contributed by atoms with Gasteiger partial charge in [0.2, 0.25) is 0 Å². The number of nitrogens with two attached hydrogens (primary N) is 1. The van der Waals surface area contributed by atoms with Crippen LogP contribution in [0, 0.1) is 17.2 Å². The Morgan fingerprint density at radius 3 is 3.00 bits per heavy atom. The zero-order valence-electron chi connectivity index (χ0n) is 10.1. The minimum atomic E-state index is 0.397. The van der Waals surface area contributed by atoms with Crippen molar-refractivity contribution in [2.24, 2.45) is 11.7 Å². The molecule has 90 valence electrons. The number of rotatable bonds is 2. The number of hydrogen-bond donors (Lipinski definition) is 1. The Morgan fingerprint density at radius 1 is 1.59 bits per heavy atom. The first-order chi connectivity index (χ1) is 8.24. The molecule has 0 aliphatic carbocycles. The maximum Gasteiger partial charge on any atom is 0.140 e. The number of nitriles is 1. The number of piperidine rings is 1. The smallest absolute Gasteiger partial charge is 0.140 e. The van der Waals surface area contributed by atoms with Crippen LogP contribution >= 0.6 is 0 Å². The molecule has 2 rings (SSSR count). The summed E-state index contributed by atoms with van der Waals surface area (Å²) in [6.07, 6.45) is 4.10. The zero-order valence-corrected chi connectivity index (χ0v) is 10.1. The zero-order chi connectivity index (χ0) is 12.3. The molecule has 1 aliphatic rings. The second-order valence-electron chi connectivity index (χ2n) is 4.73. The van der Waals surface area contributed by atoms with Gasteiger partial charge in [-0.05, 0) is 30.9 Å². The lowest BCUT2D eigenvalue weighted by molar-refractivity contribution is 0.366. The second kappa shape index (κ2) is 5.15. The highest BCUT2D eigenvalue weighted by atomic mass is 15.2. The molecule has 0 radical (unpaired) electrons. The summed E-state index contributed by atoms with van der Waals surface area (Å²) in [5, 5.41) is 8.73. The van der Waals surface area contributed by atoms with Gasteiger partial charge in [-0.25, -0.2) is 4.98 Å². The molecule has 1 saturated heterocycles. The molecule has 2 N–H and O–H groups in total. The van der Waals surface area contributed by atoms with Crippen LogP contribution in [0.15, 0.2) is 18.3 Å². The van der Waals surface area contributed by atoms with Crippen molar-refractivity contribution in [1.29, 1.82) is 5.26 Å². The molecule has 2 atom stereocenters. The van der Waals surface area contributed by atoms with Gasteiger partial charge in [0.1, 0.15) is 11.8 Å².